The number of nitrogen functional groups attached to an aromatic ring is 1. The molecule has 0 radical (unpaired) electrons. The van der Waals surface area contributed by atoms with Crippen molar-refractivity contribution in [3.8, 4) is 0 Å². The van der Waals surface area contributed by atoms with Crippen LogP contribution in [0.1, 0.15) is 21.1 Å². The Balaban J connectivity index is 2.15. The van der Waals surface area contributed by atoms with Gasteiger partial charge >= 0.3 is 0 Å². The number of nitrogens with two attached hydrogens (primary N) is 1. The van der Waals surface area contributed by atoms with E-state index in [0.29, 0.717) is 11.4 Å². The van der Waals surface area contributed by atoms with Crippen molar-refractivity contribution in [3.63, 3.8) is 0 Å². The number of hydrogen-bond donors (Lipinski definition) is 2. The average molecular weight is 247 g/mol. The molecule has 0 aliphatic carbocycles. The van der Waals surface area contributed by atoms with E-state index in [0.717, 1.165) is 16.3 Å². The molecule has 0 aliphatic rings. The van der Waals surface area contributed by atoms with Gasteiger partial charge in [-0.05, 0) is 37.6 Å². The normalized spacial score (nSPS) is 10.2. The molecule has 3 N–H and O–H groups in total. The SMILES string of the molecule is Cc1nc(C(=O)Nc2ccc(N)c(C)c2)cs1. The fourth-order valence-electron chi connectivity index (χ4n) is 1.42. The van der Waals surface area contributed by atoms with E-state index in [1.807, 2.05) is 19.9 Å². The summed E-state index contributed by atoms with van der Waals surface area (Å²) in [6.07, 6.45) is 0. The van der Waals surface area contributed by atoms with Gasteiger partial charge in [0, 0.05) is 16.8 Å². The van der Waals surface area contributed by atoms with Crippen LogP contribution >= 0.6 is 11.3 Å². The molecule has 0 unspecified atom stereocenters. The van der Waals surface area contributed by atoms with E-state index in [9.17, 15) is 4.79 Å². The highest BCUT2D eigenvalue weighted by molar-refractivity contribution is 7.09. The van der Waals surface area contributed by atoms with Crippen LogP contribution in [0, 0.1) is 13.8 Å². The average Bonchev–Trinajstić information content (AvgIpc) is 2.70. The molecule has 2 aromatic rings. The lowest BCUT2D eigenvalue weighted by Crippen LogP contribution is -2.12. The topological polar surface area (TPSA) is 68.0 Å². The molecular weight excluding hydrogens is 234 g/mol. The molecule has 5 heteroatoms. The monoisotopic (exact) mass is 247 g/mol. The summed E-state index contributed by atoms with van der Waals surface area (Å²) in [5, 5.41) is 5.41. The van der Waals surface area contributed by atoms with Crippen LogP contribution in [0.5, 0.6) is 0 Å². The molecule has 1 aromatic heterocycles. The standard InChI is InChI=1S/C12H13N3OS/c1-7-5-9(3-4-10(7)13)15-12(16)11-6-17-8(2)14-11/h3-6H,13H2,1-2H3,(H,15,16). The summed E-state index contributed by atoms with van der Waals surface area (Å²) < 4.78 is 0. The van der Waals surface area contributed by atoms with Crippen molar-refractivity contribution in [1.29, 1.82) is 0 Å². The predicted molar refractivity (Wildman–Crippen MR) is 70.4 cm³/mol. The van der Waals surface area contributed by atoms with Gasteiger partial charge in [0.15, 0.2) is 0 Å². The first-order valence-corrected chi connectivity index (χ1v) is 6.04. The van der Waals surface area contributed by atoms with Crippen molar-refractivity contribution in [1.82, 2.24) is 4.98 Å². The zero-order valence-electron chi connectivity index (χ0n) is 9.65. The van der Waals surface area contributed by atoms with E-state index in [2.05, 4.69) is 10.3 Å². The lowest BCUT2D eigenvalue weighted by Gasteiger charge is -2.06. The molecule has 0 saturated carbocycles. The minimum atomic E-state index is -0.196. The second-order valence-electron chi connectivity index (χ2n) is 3.78. The number of aromatic nitrogens is 1. The van der Waals surface area contributed by atoms with Crippen molar-refractivity contribution >= 4 is 28.6 Å². The van der Waals surface area contributed by atoms with Crippen LogP contribution in [0.3, 0.4) is 0 Å². The number of amides is 1. The minimum Gasteiger partial charge on any atom is -0.399 e. The first-order chi connectivity index (χ1) is 8.06. The smallest absolute Gasteiger partial charge is 0.275 e. The van der Waals surface area contributed by atoms with Crippen molar-refractivity contribution in [2.24, 2.45) is 0 Å². The fourth-order valence-corrected chi connectivity index (χ4v) is 2.01. The van der Waals surface area contributed by atoms with E-state index in [1.165, 1.54) is 11.3 Å². The Hall–Kier alpha value is -1.88. The Kier molecular flexibility index (Phi) is 3.10. The molecule has 0 atom stereocenters. The Morgan fingerprint density at radius 2 is 2.18 bits per heavy atom. The number of benzene rings is 1. The van der Waals surface area contributed by atoms with Crippen LogP contribution in [-0.2, 0) is 0 Å². The lowest BCUT2D eigenvalue weighted by atomic mass is 10.2. The summed E-state index contributed by atoms with van der Waals surface area (Å²) in [5.74, 6) is -0.196. The number of carbonyl (C=O) groups is 1. The Morgan fingerprint density at radius 1 is 1.41 bits per heavy atom. The quantitative estimate of drug-likeness (QED) is 0.801. The number of hydrogen-bond acceptors (Lipinski definition) is 4. The maximum atomic E-state index is 11.8. The molecule has 1 amide bonds. The number of thiazole rings is 1. The molecule has 2 rings (SSSR count). The minimum absolute atomic E-state index is 0.196. The predicted octanol–water partition coefficient (Wildman–Crippen LogP) is 2.59. The number of nitrogens with one attached hydrogen (secondary N) is 1. The summed E-state index contributed by atoms with van der Waals surface area (Å²) in [7, 11) is 0. The molecule has 0 saturated heterocycles. The number of rotatable bonds is 2. The van der Waals surface area contributed by atoms with Gasteiger partial charge in [0.2, 0.25) is 0 Å². The third-order valence-corrected chi connectivity index (χ3v) is 3.15. The largest absolute Gasteiger partial charge is 0.399 e. The molecular formula is C12H13N3OS. The van der Waals surface area contributed by atoms with E-state index in [-0.39, 0.29) is 5.91 Å². The second kappa shape index (κ2) is 4.55. The van der Waals surface area contributed by atoms with Gasteiger partial charge in [-0.15, -0.1) is 11.3 Å². The van der Waals surface area contributed by atoms with Gasteiger partial charge in [0.05, 0.1) is 5.01 Å². The van der Waals surface area contributed by atoms with Gasteiger partial charge in [-0.3, -0.25) is 4.79 Å². The first kappa shape index (κ1) is 11.6. The van der Waals surface area contributed by atoms with Crippen molar-refractivity contribution < 1.29 is 4.79 Å². The van der Waals surface area contributed by atoms with E-state index in [1.54, 1.807) is 17.5 Å². The van der Waals surface area contributed by atoms with Crippen LogP contribution in [-0.4, -0.2) is 10.9 Å². The highest BCUT2D eigenvalue weighted by Gasteiger charge is 2.09. The molecule has 1 aromatic carbocycles. The summed E-state index contributed by atoms with van der Waals surface area (Å²) in [4.78, 5) is 16.0. The van der Waals surface area contributed by atoms with Gasteiger partial charge in [-0.25, -0.2) is 4.98 Å². The zero-order chi connectivity index (χ0) is 12.4. The molecule has 0 bridgehead atoms. The van der Waals surface area contributed by atoms with Crippen molar-refractivity contribution in [3.05, 3.63) is 39.8 Å². The number of anilines is 2. The highest BCUT2D eigenvalue weighted by atomic mass is 32.1. The summed E-state index contributed by atoms with van der Waals surface area (Å²) in [6, 6.07) is 5.39. The third-order valence-electron chi connectivity index (χ3n) is 2.38. The highest BCUT2D eigenvalue weighted by Crippen LogP contribution is 2.17. The Morgan fingerprint density at radius 3 is 2.76 bits per heavy atom. The maximum Gasteiger partial charge on any atom is 0.275 e. The molecule has 0 aliphatic heterocycles. The zero-order valence-corrected chi connectivity index (χ0v) is 10.5. The molecule has 0 fully saturated rings. The molecule has 1 heterocycles. The molecule has 88 valence electrons. The molecule has 0 spiro atoms. The van der Waals surface area contributed by atoms with Crippen molar-refractivity contribution in [2.45, 2.75) is 13.8 Å². The van der Waals surface area contributed by atoms with Crippen LogP contribution < -0.4 is 11.1 Å². The van der Waals surface area contributed by atoms with Crippen LogP contribution in [0.15, 0.2) is 23.6 Å². The summed E-state index contributed by atoms with van der Waals surface area (Å²) in [6.45, 7) is 3.77. The third kappa shape index (κ3) is 2.62. The molecule has 17 heavy (non-hydrogen) atoms. The fraction of sp³-hybridized carbons (Fsp3) is 0.167. The van der Waals surface area contributed by atoms with Gasteiger partial charge in [-0.2, -0.15) is 0 Å². The number of carbonyl (C=O) groups excluding carboxylic acids is 1. The first-order valence-electron chi connectivity index (χ1n) is 5.16. The van der Waals surface area contributed by atoms with Crippen LogP contribution in [0.25, 0.3) is 0 Å². The van der Waals surface area contributed by atoms with Crippen LogP contribution in [0.4, 0.5) is 11.4 Å². The van der Waals surface area contributed by atoms with E-state index < -0.39 is 0 Å². The second-order valence-corrected chi connectivity index (χ2v) is 4.84. The maximum absolute atomic E-state index is 11.8. The Labute approximate surface area is 103 Å². The number of nitrogens with zero attached hydrogens (tertiary/aromatic N) is 1. The number of aryl methyl sites for hydroxylation is 2. The summed E-state index contributed by atoms with van der Waals surface area (Å²) >= 11 is 1.46. The van der Waals surface area contributed by atoms with E-state index >= 15 is 0 Å². The van der Waals surface area contributed by atoms with Gasteiger partial charge < -0.3 is 11.1 Å². The van der Waals surface area contributed by atoms with Gasteiger partial charge in [0.25, 0.3) is 5.91 Å². The summed E-state index contributed by atoms with van der Waals surface area (Å²) in [5.41, 5.74) is 8.54. The molecule has 4 nitrogen and oxygen atoms in total. The van der Waals surface area contributed by atoms with Gasteiger partial charge in [0.1, 0.15) is 5.69 Å². The van der Waals surface area contributed by atoms with Crippen molar-refractivity contribution in [2.75, 3.05) is 11.1 Å². The Bertz CT molecular complexity index is 563. The van der Waals surface area contributed by atoms with E-state index in [4.69, 9.17) is 5.73 Å². The van der Waals surface area contributed by atoms with Crippen LogP contribution in [0.2, 0.25) is 0 Å². The van der Waals surface area contributed by atoms with Gasteiger partial charge in [-0.1, -0.05) is 0 Å². The lowest BCUT2D eigenvalue weighted by molar-refractivity contribution is 0.102.